The number of nitrogens with zero attached hydrogens (tertiary/aromatic N) is 2. The van der Waals surface area contributed by atoms with Gasteiger partial charge in [0.1, 0.15) is 16.4 Å². The van der Waals surface area contributed by atoms with Crippen LogP contribution in [0.1, 0.15) is 59.1 Å². The second-order valence-electron chi connectivity index (χ2n) is 11.6. The quantitative estimate of drug-likeness (QED) is 0.435. The largest absolute Gasteiger partial charge is 0.496 e. The maximum absolute atomic E-state index is 13.4. The number of rotatable bonds is 8. The minimum absolute atomic E-state index is 0.00766. The van der Waals surface area contributed by atoms with Crippen LogP contribution in [0.3, 0.4) is 0 Å². The predicted octanol–water partition coefficient (Wildman–Crippen LogP) is 4.53. The zero-order chi connectivity index (χ0) is 28.2. The number of ether oxygens (including phenoxy) is 2. The van der Waals surface area contributed by atoms with Crippen molar-refractivity contribution >= 4 is 10.0 Å². The summed E-state index contributed by atoms with van der Waals surface area (Å²) in [6.45, 7) is 2.62. The molecule has 1 heterocycles. The molecule has 1 aliphatic heterocycles. The first-order valence-electron chi connectivity index (χ1n) is 14.0. The van der Waals surface area contributed by atoms with Crippen molar-refractivity contribution in [3.63, 3.8) is 0 Å². The lowest BCUT2D eigenvalue weighted by atomic mass is 9.74. The van der Waals surface area contributed by atoms with Gasteiger partial charge in [0.25, 0.3) is 0 Å². The first kappa shape index (κ1) is 27.3. The van der Waals surface area contributed by atoms with Crippen molar-refractivity contribution in [1.29, 1.82) is 0 Å². The molecule has 0 spiro atoms. The summed E-state index contributed by atoms with van der Waals surface area (Å²) in [6, 6.07) is 21.1. The molecule has 3 aromatic carbocycles. The van der Waals surface area contributed by atoms with Gasteiger partial charge in [-0.05, 0) is 72.7 Å². The lowest BCUT2D eigenvalue weighted by Gasteiger charge is -2.41. The minimum Gasteiger partial charge on any atom is -0.496 e. The summed E-state index contributed by atoms with van der Waals surface area (Å²) in [5, 5.41) is 11.7. The highest BCUT2D eigenvalue weighted by atomic mass is 32.2. The Morgan fingerprint density at radius 2 is 1.48 bits per heavy atom. The number of likely N-dealkylation sites (tertiary alicyclic amines) is 1. The van der Waals surface area contributed by atoms with Crippen LogP contribution in [0, 0.1) is 5.92 Å². The number of hydrogen-bond donors (Lipinski definition) is 1. The number of sulfonamides is 1. The van der Waals surface area contributed by atoms with E-state index in [0.717, 1.165) is 43.2 Å². The number of methoxy groups -OCH3 is 2. The minimum atomic E-state index is -3.90. The Labute approximate surface area is 237 Å². The molecule has 1 N–H and O–H groups in total. The van der Waals surface area contributed by atoms with Crippen LogP contribution >= 0.6 is 0 Å². The molecule has 1 fully saturated rings. The molecular formula is C32H38N2O5S. The molecule has 1 unspecified atom stereocenters. The predicted molar refractivity (Wildman–Crippen MR) is 155 cm³/mol. The van der Waals surface area contributed by atoms with E-state index in [0.29, 0.717) is 11.7 Å². The Morgan fingerprint density at radius 1 is 0.925 bits per heavy atom. The number of benzene rings is 3. The monoisotopic (exact) mass is 562 g/mol. The first-order chi connectivity index (χ1) is 19.2. The molecule has 3 aliphatic rings. The van der Waals surface area contributed by atoms with Crippen molar-refractivity contribution < 1.29 is 23.0 Å². The Bertz CT molecular complexity index is 1480. The molecule has 8 heteroatoms. The van der Waals surface area contributed by atoms with Crippen LogP contribution in [-0.2, 0) is 15.4 Å². The molecular weight excluding hydrogens is 524 g/mol. The van der Waals surface area contributed by atoms with Crippen molar-refractivity contribution in [3.8, 4) is 11.5 Å². The van der Waals surface area contributed by atoms with E-state index >= 15 is 0 Å². The summed E-state index contributed by atoms with van der Waals surface area (Å²) in [6.07, 6.45) is 1.62. The molecule has 212 valence electrons. The van der Waals surface area contributed by atoms with Gasteiger partial charge in [-0.15, -0.1) is 0 Å². The Balaban J connectivity index is 1.26. The Hall–Kier alpha value is -2.91. The highest BCUT2D eigenvalue weighted by Gasteiger charge is 2.53. The van der Waals surface area contributed by atoms with Gasteiger partial charge in [0.2, 0.25) is 10.0 Å². The second-order valence-corrected chi connectivity index (χ2v) is 13.7. The van der Waals surface area contributed by atoms with Crippen molar-refractivity contribution in [2.75, 3.05) is 47.9 Å². The van der Waals surface area contributed by atoms with Crippen LogP contribution in [0.25, 0.3) is 0 Å². The van der Waals surface area contributed by atoms with E-state index in [1.165, 1.54) is 50.6 Å². The number of aliphatic hydroxyl groups excluding tert-OH is 1. The lowest BCUT2D eigenvalue weighted by Crippen LogP contribution is -2.44. The third-order valence-corrected chi connectivity index (χ3v) is 11.3. The highest BCUT2D eigenvalue weighted by molar-refractivity contribution is 7.89. The number of fused-ring (bicyclic) bond motifs is 8. The van der Waals surface area contributed by atoms with Crippen LogP contribution in [0.5, 0.6) is 11.5 Å². The van der Waals surface area contributed by atoms with Gasteiger partial charge in [0.15, 0.2) is 0 Å². The molecule has 2 aliphatic carbocycles. The van der Waals surface area contributed by atoms with Gasteiger partial charge in [-0.3, -0.25) is 0 Å². The third kappa shape index (κ3) is 4.07. The smallest absolute Gasteiger partial charge is 0.246 e. The van der Waals surface area contributed by atoms with Crippen LogP contribution < -0.4 is 9.47 Å². The zero-order valence-corrected chi connectivity index (χ0v) is 24.4. The van der Waals surface area contributed by atoms with Crippen LogP contribution in [0.2, 0.25) is 0 Å². The van der Waals surface area contributed by atoms with Crippen LogP contribution in [0.4, 0.5) is 0 Å². The summed E-state index contributed by atoms with van der Waals surface area (Å²) in [7, 11) is 2.00. The molecule has 2 bridgehead atoms. The number of aliphatic hydroxyl groups is 1. The van der Waals surface area contributed by atoms with Crippen LogP contribution in [0.15, 0.2) is 65.6 Å². The molecule has 0 aromatic heterocycles. The molecule has 7 nitrogen and oxygen atoms in total. The molecule has 3 aromatic rings. The van der Waals surface area contributed by atoms with Gasteiger partial charge in [0.05, 0.1) is 20.3 Å². The second kappa shape index (κ2) is 10.2. The third-order valence-electron chi connectivity index (χ3n) is 9.42. The molecule has 0 radical (unpaired) electrons. The SMILES string of the molecule is COc1ccc(OC)c(S(=O)(=O)N(C)C)c1C(O)C1CCN(CC23CC(c4ccccc42)c2ccccc23)CC1. The van der Waals surface area contributed by atoms with Crippen molar-refractivity contribution in [3.05, 3.63) is 88.5 Å². The van der Waals surface area contributed by atoms with E-state index < -0.39 is 16.1 Å². The maximum atomic E-state index is 13.4. The molecule has 1 saturated heterocycles. The number of hydrogen-bond acceptors (Lipinski definition) is 6. The number of piperidine rings is 1. The van der Waals surface area contributed by atoms with E-state index in [1.807, 2.05) is 0 Å². The van der Waals surface area contributed by atoms with Gasteiger partial charge in [-0.2, -0.15) is 0 Å². The van der Waals surface area contributed by atoms with Gasteiger partial charge in [-0.25, -0.2) is 12.7 Å². The molecule has 1 atom stereocenters. The molecule has 0 amide bonds. The average Bonchev–Trinajstić information content (AvgIpc) is 3.48. The highest BCUT2D eigenvalue weighted by Crippen LogP contribution is 2.60. The standard InChI is InChI=1S/C32H38N2O5S/c1-33(2)40(36,37)31-28(39-4)14-13-27(38-3)29(31)30(35)21-15-17-34(18-16-21)20-32-19-24(22-9-5-7-11-25(22)32)23-10-6-8-12-26(23)32/h5-14,21,24,30,35H,15-20H2,1-4H3. The van der Waals surface area contributed by atoms with Gasteiger partial charge < -0.3 is 19.5 Å². The molecule has 40 heavy (non-hydrogen) atoms. The van der Waals surface area contributed by atoms with Gasteiger partial charge in [0, 0.05) is 37.5 Å². The molecule has 0 saturated carbocycles. The van der Waals surface area contributed by atoms with E-state index in [9.17, 15) is 13.5 Å². The first-order valence-corrected chi connectivity index (χ1v) is 15.4. The summed E-state index contributed by atoms with van der Waals surface area (Å²) < 4.78 is 38.9. The fourth-order valence-corrected chi connectivity index (χ4v) is 8.75. The Kier molecular flexibility index (Phi) is 6.94. The van der Waals surface area contributed by atoms with E-state index in [2.05, 4.69) is 53.4 Å². The normalized spacial score (nSPS) is 23.2. The fourth-order valence-electron chi connectivity index (χ4n) is 7.48. The summed E-state index contributed by atoms with van der Waals surface area (Å²) in [4.78, 5) is 2.51. The summed E-state index contributed by atoms with van der Waals surface area (Å²) in [5.74, 6) is 0.912. The topological polar surface area (TPSA) is 79.3 Å². The lowest BCUT2D eigenvalue weighted by molar-refractivity contribution is 0.0503. The van der Waals surface area contributed by atoms with E-state index in [4.69, 9.17) is 9.47 Å². The summed E-state index contributed by atoms with van der Waals surface area (Å²) >= 11 is 0. The average molecular weight is 563 g/mol. The van der Waals surface area contributed by atoms with Crippen molar-refractivity contribution in [2.45, 2.75) is 41.6 Å². The van der Waals surface area contributed by atoms with Crippen molar-refractivity contribution in [1.82, 2.24) is 9.21 Å². The molecule has 6 rings (SSSR count). The fraction of sp³-hybridized carbons (Fsp3) is 0.438. The van der Waals surface area contributed by atoms with E-state index in [-0.39, 0.29) is 27.5 Å². The Morgan fingerprint density at radius 3 is 2.02 bits per heavy atom. The maximum Gasteiger partial charge on any atom is 0.246 e. The van der Waals surface area contributed by atoms with Gasteiger partial charge >= 0.3 is 0 Å². The van der Waals surface area contributed by atoms with Crippen LogP contribution in [-0.4, -0.2) is 70.7 Å². The van der Waals surface area contributed by atoms with Gasteiger partial charge in [-0.1, -0.05) is 48.5 Å². The zero-order valence-electron chi connectivity index (χ0n) is 23.6. The van der Waals surface area contributed by atoms with Crippen molar-refractivity contribution in [2.24, 2.45) is 5.92 Å². The van der Waals surface area contributed by atoms with E-state index in [1.54, 1.807) is 12.1 Å². The summed E-state index contributed by atoms with van der Waals surface area (Å²) in [5.41, 5.74) is 6.12.